The quantitative estimate of drug-likeness (QED) is 0.349. The number of unbranched alkanes of at least 4 members (excludes halogenated alkanes) is 4. The summed E-state index contributed by atoms with van der Waals surface area (Å²) in [4.78, 5) is 0. The van der Waals surface area contributed by atoms with E-state index in [4.69, 9.17) is 0 Å². The molecule has 0 aromatic rings. The second kappa shape index (κ2) is 11.1. The minimum atomic E-state index is 0.733. The number of hydrogen-bond donors (Lipinski definition) is 1. The Kier molecular flexibility index (Phi) is 10.4. The third-order valence-electron chi connectivity index (χ3n) is 1.69. The first-order valence-electron chi connectivity index (χ1n) is 5.18. The monoisotopic (exact) mass is 183 g/mol. The van der Waals surface area contributed by atoms with Gasteiger partial charge in [-0.25, -0.2) is 0 Å². The zero-order valence-corrected chi connectivity index (χ0v) is 8.79. The molecule has 0 spiro atoms. The van der Waals surface area contributed by atoms with E-state index in [1.54, 1.807) is 0 Å². The Bertz CT molecular complexity index is 141. The number of allylic oxidation sites excluding steroid dienone is 1. The molecule has 1 N–H and O–H groups in total. The van der Waals surface area contributed by atoms with Crippen molar-refractivity contribution in [2.45, 2.75) is 46.0 Å². The molecule has 0 atom stereocenters. The summed E-state index contributed by atoms with van der Waals surface area (Å²) in [5.41, 5.74) is 2.75. The Hall–Kier alpha value is -0.860. The van der Waals surface area contributed by atoms with Gasteiger partial charge in [0.25, 0.3) is 0 Å². The van der Waals surface area contributed by atoms with E-state index in [1.807, 2.05) is 13.1 Å². The average molecular weight is 183 g/mol. The second-order valence-corrected chi connectivity index (χ2v) is 2.94. The molecule has 0 radical (unpaired) electrons. The molecular weight excluding hydrogens is 162 g/mol. The van der Waals surface area contributed by atoms with Crippen LogP contribution in [0.5, 0.6) is 0 Å². The molecule has 0 heterocycles. The Morgan fingerprint density at radius 1 is 1.15 bits per heavy atom. The van der Waals surface area contributed by atoms with Crippen LogP contribution in [0.15, 0.2) is 22.6 Å². The van der Waals surface area contributed by atoms with Gasteiger partial charge in [-0.3, -0.25) is 5.43 Å². The molecule has 0 unspecified atom stereocenters. The van der Waals surface area contributed by atoms with Gasteiger partial charge < -0.3 is 0 Å². The fraction of sp³-hybridized carbons (Fsp3) is 0.800. The number of nitrogens with zero attached hydrogens (tertiary/aromatic N) is 2. The topological polar surface area (TPSA) is 36.8 Å². The minimum Gasteiger partial charge on any atom is -0.268 e. The fourth-order valence-corrected chi connectivity index (χ4v) is 0.970. The summed E-state index contributed by atoms with van der Waals surface area (Å²) in [6.07, 6.45) is 10.3. The van der Waals surface area contributed by atoms with Gasteiger partial charge in [0, 0.05) is 6.20 Å². The van der Waals surface area contributed by atoms with Crippen LogP contribution in [0.3, 0.4) is 0 Å². The average Bonchev–Trinajstić information content (AvgIpc) is 2.16. The molecule has 0 aliphatic heterocycles. The molecule has 0 aliphatic rings. The van der Waals surface area contributed by atoms with E-state index in [-0.39, 0.29) is 0 Å². The minimum absolute atomic E-state index is 0.733. The van der Waals surface area contributed by atoms with Gasteiger partial charge >= 0.3 is 0 Å². The first-order chi connectivity index (χ1) is 6.41. The van der Waals surface area contributed by atoms with E-state index in [0.29, 0.717) is 0 Å². The summed E-state index contributed by atoms with van der Waals surface area (Å²) in [5.74, 6) is 0. The molecular formula is C10H21N3. The van der Waals surface area contributed by atoms with Crippen molar-refractivity contribution in [1.29, 1.82) is 0 Å². The molecule has 13 heavy (non-hydrogen) atoms. The lowest BCUT2D eigenvalue weighted by atomic mass is 10.1. The molecule has 0 aromatic heterocycles. The number of nitrogens with one attached hydrogen (secondary N) is 1. The van der Waals surface area contributed by atoms with Crippen LogP contribution in [0.1, 0.15) is 46.0 Å². The van der Waals surface area contributed by atoms with Crippen molar-refractivity contribution in [2.24, 2.45) is 10.3 Å². The zero-order valence-electron chi connectivity index (χ0n) is 8.79. The van der Waals surface area contributed by atoms with Crippen LogP contribution in [0.4, 0.5) is 0 Å². The van der Waals surface area contributed by atoms with E-state index >= 15 is 0 Å². The predicted molar refractivity (Wildman–Crippen MR) is 56.4 cm³/mol. The SMILES string of the molecule is CCCCCC/C=C/NN=NCC. The van der Waals surface area contributed by atoms with Gasteiger partial charge in [0.2, 0.25) is 0 Å². The predicted octanol–water partition coefficient (Wildman–Crippen LogP) is 3.45. The molecule has 0 amide bonds. The third kappa shape index (κ3) is 11.1. The summed E-state index contributed by atoms with van der Waals surface area (Å²) in [7, 11) is 0. The highest BCUT2D eigenvalue weighted by molar-refractivity contribution is 4.77. The van der Waals surface area contributed by atoms with Gasteiger partial charge in [-0.1, -0.05) is 37.5 Å². The molecule has 0 saturated heterocycles. The highest BCUT2D eigenvalue weighted by Gasteiger charge is 1.83. The lowest BCUT2D eigenvalue weighted by molar-refractivity contribution is 0.672. The Balaban J connectivity index is 3.08. The normalized spacial score (nSPS) is 11.5. The largest absolute Gasteiger partial charge is 0.268 e. The summed E-state index contributed by atoms with van der Waals surface area (Å²) in [5, 5.41) is 7.49. The smallest absolute Gasteiger partial charge is 0.0592 e. The molecule has 0 rings (SSSR count). The van der Waals surface area contributed by atoms with Crippen LogP contribution < -0.4 is 5.43 Å². The van der Waals surface area contributed by atoms with Crippen LogP contribution >= 0.6 is 0 Å². The van der Waals surface area contributed by atoms with Crippen LogP contribution in [0, 0.1) is 0 Å². The Morgan fingerprint density at radius 3 is 2.69 bits per heavy atom. The highest BCUT2D eigenvalue weighted by atomic mass is 15.4. The molecule has 76 valence electrons. The van der Waals surface area contributed by atoms with E-state index < -0.39 is 0 Å². The summed E-state index contributed by atoms with van der Waals surface area (Å²) < 4.78 is 0. The first-order valence-corrected chi connectivity index (χ1v) is 5.18. The lowest BCUT2D eigenvalue weighted by Gasteiger charge is -1.93. The van der Waals surface area contributed by atoms with E-state index in [1.165, 1.54) is 25.7 Å². The standard InChI is InChI=1S/C10H21N3/c1-3-5-6-7-8-9-10-12-13-11-4-2/h9-10H,3-8H2,1-2H3,(H,11,12)/b10-9+. The van der Waals surface area contributed by atoms with Crippen molar-refractivity contribution in [3.05, 3.63) is 12.3 Å². The molecule has 0 fully saturated rings. The van der Waals surface area contributed by atoms with Crippen molar-refractivity contribution >= 4 is 0 Å². The summed E-state index contributed by atoms with van der Waals surface area (Å²) in [6.45, 7) is 4.92. The van der Waals surface area contributed by atoms with Crippen LogP contribution in [-0.4, -0.2) is 6.54 Å². The first kappa shape index (κ1) is 12.1. The highest BCUT2D eigenvalue weighted by Crippen LogP contribution is 2.02. The van der Waals surface area contributed by atoms with Crippen LogP contribution in [0.2, 0.25) is 0 Å². The van der Waals surface area contributed by atoms with Gasteiger partial charge in [0.1, 0.15) is 0 Å². The molecule has 3 nitrogen and oxygen atoms in total. The van der Waals surface area contributed by atoms with Crippen molar-refractivity contribution in [1.82, 2.24) is 5.43 Å². The van der Waals surface area contributed by atoms with Crippen molar-refractivity contribution in [3.8, 4) is 0 Å². The summed E-state index contributed by atoms with van der Waals surface area (Å²) >= 11 is 0. The van der Waals surface area contributed by atoms with Gasteiger partial charge in [0.15, 0.2) is 0 Å². The lowest BCUT2D eigenvalue weighted by Crippen LogP contribution is -1.90. The van der Waals surface area contributed by atoms with Crippen LogP contribution in [0.25, 0.3) is 0 Å². The molecule has 3 heteroatoms. The van der Waals surface area contributed by atoms with Crippen molar-refractivity contribution in [3.63, 3.8) is 0 Å². The number of hydrogen-bond acceptors (Lipinski definition) is 2. The van der Waals surface area contributed by atoms with Gasteiger partial charge in [-0.05, 0) is 19.8 Å². The maximum absolute atomic E-state index is 3.78. The van der Waals surface area contributed by atoms with Crippen molar-refractivity contribution in [2.75, 3.05) is 6.54 Å². The number of rotatable bonds is 8. The molecule has 0 aliphatic carbocycles. The van der Waals surface area contributed by atoms with Crippen LogP contribution in [-0.2, 0) is 0 Å². The van der Waals surface area contributed by atoms with Gasteiger partial charge in [0.05, 0.1) is 6.54 Å². The summed E-state index contributed by atoms with van der Waals surface area (Å²) in [6, 6.07) is 0. The maximum atomic E-state index is 3.78. The third-order valence-corrected chi connectivity index (χ3v) is 1.69. The van der Waals surface area contributed by atoms with Gasteiger partial charge in [-0.2, -0.15) is 5.11 Å². The maximum Gasteiger partial charge on any atom is 0.0592 e. The molecule has 0 bridgehead atoms. The Morgan fingerprint density at radius 2 is 2.00 bits per heavy atom. The second-order valence-electron chi connectivity index (χ2n) is 2.94. The molecule has 0 aromatic carbocycles. The zero-order chi connectivity index (χ0) is 9.78. The van der Waals surface area contributed by atoms with Gasteiger partial charge in [-0.15, -0.1) is 0 Å². The Labute approximate surface area is 81.3 Å². The molecule has 0 saturated carbocycles. The van der Waals surface area contributed by atoms with E-state index in [0.717, 1.165) is 13.0 Å². The van der Waals surface area contributed by atoms with Crippen molar-refractivity contribution < 1.29 is 0 Å². The van der Waals surface area contributed by atoms with E-state index in [9.17, 15) is 0 Å². The van der Waals surface area contributed by atoms with E-state index in [2.05, 4.69) is 28.8 Å². The fourth-order valence-electron chi connectivity index (χ4n) is 0.970.